The van der Waals surface area contributed by atoms with E-state index in [1.165, 1.54) is 23.7 Å². The number of hydrogen-bond acceptors (Lipinski definition) is 5. The van der Waals surface area contributed by atoms with Crippen LogP contribution in [0.5, 0.6) is 5.75 Å². The molecule has 0 bridgehead atoms. The highest BCUT2D eigenvalue weighted by molar-refractivity contribution is 5.94. The number of nitrogens with one attached hydrogen (secondary N) is 2. The molecule has 1 aromatic heterocycles. The molecule has 1 aliphatic heterocycles. The fourth-order valence-electron chi connectivity index (χ4n) is 3.08. The van der Waals surface area contributed by atoms with Gasteiger partial charge in [-0.3, -0.25) is 14.2 Å². The highest BCUT2D eigenvalue weighted by atomic mass is 19.1. The van der Waals surface area contributed by atoms with Gasteiger partial charge in [-0.25, -0.2) is 9.37 Å². The predicted molar refractivity (Wildman–Crippen MR) is 93.3 cm³/mol. The van der Waals surface area contributed by atoms with Crippen molar-refractivity contribution in [3.8, 4) is 5.75 Å². The maximum absolute atomic E-state index is 12.9. The molecule has 1 aliphatic rings. The molecule has 1 saturated heterocycles. The zero-order valence-corrected chi connectivity index (χ0v) is 14.6. The minimum absolute atomic E-state index is 0.128. The number of amides is 1. The van der Waals surface area contributed by atoms with Crippen LogP contribution in [0.1, 0.15) is 47.7 Å². The van der Waals surface area contributed by atoms with Crippen molar-refractivity contribution in [1.82, 2.24) is 20.2 Å². The van der Waals surface area contributed by atoms with Gasteiger partial charge in [0.25, 0.3) is 11.5 Å². The largest absolute Gasteiger partial charge is 0.501 e. The van der Waals surface area contributed by atoms with E-state index >= 15 is 0 Å². The van der Waals surface area contributed by atoms with Crippen LogP contribution in [0, 0.1) is 5.82 Å². The fourth-order valence-corrected chi connectivity index (χ4v) is 3.08. The summed E-state index contributed by atoms with van der Waals surface area (Å²) < 4.78 is 14.2. The van der Waals surface area contributed by atoms with Crippen molar-refractivity contribution < 1.29 is 14.3 Å². The van der Waals surface area contributed by atoms with E-state index in [9.17, 15) is 19.1 Å². The minimum Gasteiger partial charge on any atom is -0.501 e. The van der Waals surface area contributed by atoms with E-state index in [1.54, 1.807) is 12.1 Å². The Kier molecular flexibility index (Phi) is 5.03. The second-order valence-corrected chi connectivity index (χ2v) is 6.54. The molecule has 0 spiro atoms. The molecule has 2 aromatic rings. The van der Waals surface area contributed by atoms with Gasteiger partial charge in [0.1, 0.15) is 11.6 Å². The first-order valence-corrected chi connectivity index (χ1v) is 8.45. The Morgan fingerprint density at radius 2 is 2.08 bits per heavy atom. The normalized spacial score (nSPS) is 19.5. The molecule has 3 N–H and O–H groups in total. The van der Waals surface area contributed by atoms with Crippen LogP contribution in [0.2, 0.25) is 0 Å². The Balaban J connectivity index is 1.84. The van der Waals surface area contributed by atoms with Gasteiger partial charge >= 0.3 is 0 Å². The van der Waals surface area contributed by atoms with E-state index in [0.29, 0.717) is 17.4 Å². The topological polar surface area (TPSA) is 96.2 Å². The average Bonchev–Trinajstić information content (AvgIpc) is 3.05. The number of aromatic nitrogens is 2. The number of hydrogen-bond donors (Lipinski definition) is 3. The van der Waals surface area contributed by atoms with Crippen molar-refractivity contribution in [2.45, 2.75) is 38.4 Å². The van der Waals surface area contributed by atoms with Crippen molar-refractivity contribution in [3.05, 3.63) is 57.5 Å². The van der Waals surface area contributed by atoms with Crippen LogP contribution in [0.3, 0.4) is 0 Å². The highest BCUT2D eigenvalue weighted by Gasteiger charge is 2.28. The third-order valence-electron chi connectivity index (χ3n) is 4.57. The minimum atomic E-state index is -0.682. The van der Waals surface area contributed by atoms with Gasteiger partial charge in [0.2, 0.25) is 5.75 Å². The van der Waals surface area contributed by atoms with Crippen LogP contribution in [-0.2, 0) is 13.6 Å². The molecule has 0 saturated carbocycles. The summed E-state index contributed by atoms with van der Waals surface area (Å²) in [6.07, 6.45) is 1.73. The van der Waals surface area contributed by atoms with Crippen LogP contribution in [-0.4, -0.2) is 26.6 Å². The van der Waals surface area contributed by atoms with Gasteiger partial charge in [-0.05, 0) is 37.5 Å². The third-order valence-corrected chi connectivity index (χ3v) is 4.57. The fraction of sp³-hybridized carbons (Fsp3) is 0.389. The predicted octanol–water partition coefficient (Wildman–Crippen LogP) is 1.37. The van der Waals surface area contributed by atoms with Crippen molar-refractivity contribution in [1.29, 1.82) is 0 Å². The summed E-state index contributed by atoms with van der Waals surface area (Å²) in [5, 5.41) is 16.0. The first-order valence-electron chi connectivity index (χ1n) is 8.45. The van der Waals surface area contributed by atoms with Gasteiger partial charge in [0.05, 0.1) is 6.04 Å². The van der Waals surface area contributed by atoms with Crippen LogP contribution >= 0.6 is 0 Å². The standard InChI is InChI=1S/C18H21FN4O3/c1-10-3-8-13(21-10)16-22-14(15(24)18(26)23(16)2)17(25)20-9-11-4-6-12(19)7-5-11/h4-7,10,13,21,24H,3,8-9H2,1-2H3,(H,20,25)/t10?,13-/m0/s1. The van der Waals surface area contributed by atoms with Crippen molar-refractivity contribution in [2.75, 3.05) is 0 Å². The number of benzene rings is 1. The van der Waals surface area contributed by atoms with Gasteiger partial charge in [0, 0.05) is 19.6 Å². The number of halogens is 1. The lowest BCUT2D eigenvalue weighted by molar-refractivity contribution is 0.0941. The Morgan fingerprint density at radius 1 is 1.38 bits per heavy atom. The zero-order chi connectivity index (χ0) is 18.8. The molecule has 1 unspecified atom stereocenters. The molecule has 2 atom stereocenters. The van der Waals surface area contributed by atoms with Gasteiger partial charge in [-0.1, -0.05) is 12.1 Å². The Labute approximate surface area is 149 Å². The average molecular weight is 360 g/mol. The Bertz CT molecular complexity index is 879. The molecule has 1 fully saturated rings. The van der Waals surface area contributed by atoms with E-state index in [0.717, 1.165) is 12.8 Å². The first-order chi connectivity index (χ1) is 12.4. The molecule has 0 aliphatic carbocycles. The molecule has 7 nitrogen and oxygen atoms in total. The summed E-state index contributed by atoms with van der Waals surface area (Å²) >= 11 is 0. The molecular weight excluding hydrogens is 339 g/mol. The second kappa shape index (κ2) is 7.25. The second-order valence-electron chi connectivity index (χ2n) is 6.54. The maximum Gasteiger partial charge on any atom is 0.296 e. The molecule has 1 aromatic carbocycles. The summed E-state index contributed by atoms with van der Waals surface area (Å²) in [5.74, 6) is -1.28. The molecule has 26 heavy (non-hydrogen) atoms. The van der Waals surface area contributed by atoms with E-state index in [1.807, 2.05) is 6.92 Å². The van der Waals surface area contributed by atoms with Crippen LogP contribution < -0.4 is 16.2 Å². The highest BCUT2D eigenvalue weighted by Crippen LogP contribution is 2.25. The van der Waals surface area contributed by atoms with Gasteiger partial charge in [-0.2, -0.15) is 0 Å². The van der Waals surface area contributed by atoms with Crippen molar-refractivity contribution >= 4 is 5.91 Å². The number of aromatic hydroxyl groups is 1. The summed E-state index contributed by atoms with van der Waals surface area (Å²) in [6, 6.07) is 5.82. The maximum atomic E-state index is 12.9. The molecular formula is C18H21FN4O3. The van der Waals surface area contributed by atoms with Crippen molar-refractivity contribution in [2.24, 2.45) is 7.05 Å². The Hall–Kier alpha value is -2.74. The van der Waals surface area contributed by atoms with Crippen LogP contribution in [0.4, 0.5) is 4.39 Å². The lowest BCUT2D eigenvalue weighted by Gasteiger charge is -2.17. The Morgan fingerprint density at radius 3 is 2.69 bits per heavy atom. The quantitative estimate of drug-likeness (QED) is 0.765. The van der Waals surface area contributed by atoms with Gasteiger partial charge in [-0.15, -0.1) is 0 Å². The monoisotopic (exact) mass is 360 g/mol. The van der Waals surface area contributed by atoms with E-state index in [-0.39, 0.29) is 24.1 Å². The van der Waals surface area contributed by atoms with Crippen LogP contribution in [0.25, 0.3) is 0 Å². The third kappa shape index (κ3) is 3.60. The summed E-state index contributed by atoms with van der Waals surface area (Å²) in [4.78, 5) is 29.0. The molecule has 0 radical (unpaired) electrons. The smallest absolute Gasteiger partial charge is 0.296 e. The van der Waals surface area contributed by atoms with E-state index in [2.05, 4.69) is 15.6 Å². The number of carbonyl (C=O) groups excluding carboxylic acids is 1. The van der Waals surface area contributed by atoms with Crippen LogP contribution in [0.15, 0.2) is 29.1 Å². The lowest BCUT2D eigenvalue weighted by atomic mass is 10.2. The molecule has 2 heterocycles. The number of carbonyl (C=O) groups is 1. The molecule has 1 amide bonds. The molecule has 3 rings (SSSR count). The first kappa shape index (κ1) is 18.1. The summed E-state index contributed by atoms with van der Waals surface area (Å²) in [7, 11) is 1.52. The summed E-state index contributed by atoms with van der Waals surface area (Å²) in [6.45, 7) is 2.17. The zero-order valence-electron chi connectivity index (χ0n) is 14.6. The lowest BCUT2D eigenvalue weighted by Crippen LogP contribution is -2.33. The van der Waals surface area contributed by atoms with Gasteiger partial charge in [0.15, 0.2) is 5.69 Å². The van der Waals surface area contributed by atoms with E-state index < -0.39 is 17.2 Å². The SMILES string of the molecule is CC1CC[C@@H](c2nc(C(=O)NCc3ccc(F)cc3)c(O)c(=O)n2C)N1. The van der Waals surface area contributed by atoms with Crippen molar-refractivity contribution in [3.63, 3.8) is 0 Å². The number of nitrogens with zero attached hydrogens (tertiary/aromatic N) is 2. The molecule has 8 heteroatoms. The van der Waals surface area contributed by atoms with E-state index in [4.69, 9.17) is 0 Å². The molecule has 138 valence electrons. The van der Waals surface area contributed by atoms with Gasteiger partial charge < -0.3 is 15.7 Å². The summed E-state index contributed by atoms with van der Waals surface area (Å²) in [5.41, 5.74) is -0.274. The number of rotatable bonds is 4.